The van der Waals surface area contributed by atoms with Gasteiger partial charge in [0.05, 0.1) is 10.6 Å². The number of rotatable bonds is 2. The quantitative estimate of drug-likeness (QED) is 0.801. The van der Waals surface area contributed by atoms with Crippen molar-refractivity contribution in [3.05, 3.63) is 58.1 Å². The molecule has 0 aromatic heterocycles. The first kappa shape index (κ1) is 15.2. The van der Waals surface area contributed by atoms with E-state index in [-0.39, 0.29) is 23.6 Å². The lowest BCUT2D eigenvalue weighted by Crippen LogP contribution is -2.38. The predicted molar refractivity (Wildman–Crippen MR) is 88.8 cm³/mol. The van der Waals surface area contributed by atoms with Crippen LogP contribution in [0.2, 0.25) is 0 Å². The van der Waals surface area contributed by atoms with Crippen molar-refractivity contribution in [1.29, 1.82) is 0 Å². The Hall–Kier alpha value is -1.66. The van der Waals surface area contributed by atoms with E-state index in [1.54, 1.807) is 36.4 Å². The lowest BCUT2D eigenvalue weighted by atomic mass is 9.99. The molecule has 0 amide bonds. The van der Waals surface area contributed by atoms with E-state index in [0.29, 0.717) is 11.3 Å². The summed E-state index contributed by atoms with van der Waals surface area (Å²) in [6, 6.07) is 11.8. The van der Waals surface area contributed by atoms with Gasteiger partial charge < -0.3 is 0 Å². The Labute approximate surface area is 137 Å². The van der Waals surface area contributed by atoms with Crippen molar-refractivity contribution in [2.45, 2.75) is 18.2 Å². The molecule has 3 rings (SSSR count). The number of carbonyl (C=O) groups excluding carboxylic acids is 1. The second-order valence-corrected chi connectivity index (χ2v) is 7.95. The van der Waals surface area contributed by atoms with E-state index < -0.39 is 10.0 Å². The third-order valence-corrected chi connectivity index (χ3v) is 6.07. The maximum atomic E-state index is 12.9. The van der Waals surface area contributed by atoms with E-state index in [1.807, 2.05) is 13.0 Å². The molecule has 2 aromatic rings. The molecule has 0 saturated heterocycles. The lowest BCUT2D eigenvalue weighted by molar-refractivity contribution is 0.0982. The molecule has 0 radical (unpaired) electrons. The van der Waals surface area contributed by atoms with Crippen LogP contribution in [0.15, 0.2) is 51.8 Å². The van der Waals surface area contributed by atoms with Crippen molar-refractivity contribution in [2.75, 3.05) is 10.8 Å². The zero-order chi connectivity index (χ0) is 15.9. The summed E-state index contributed by atoms with van der Waals surface area (Å²) in [4.78, 5) is 12.3. The summed E-state index contributed by atoms with van der Waals surface area (Å²) in [5.41, 5.74) is 1.76. The van der Waals surface area contributed by atoms with Crippen molar-refractivity contribution >= 4 is 37.4 Å². The number of ketones is 1. The average molecular weight is 380 g/mol. The van der Waals surface area contributed by atoms with Gasteiger partial charge >= 0.3 is 0 Å². The maximum Gasteiger partial charge on any atom is 0.264 e. The normalized spacial score (nSPS) is 14.8. The predicted octanol–water partition coefficient (Wildman–Crippen LogP) is 3.54. The third-order valence-electron chi connectivity index (χ3n) is 3.73. The smallest absolute Gasteiger partial charge is 0.264 e. The standard InChI is InChI=1S/C16H14BrNO3S/c1-11-3-2-4-14-15(19)9-10-18(16(11)14)22(20,21)13-7-5-12(17)6-8-13/h2-8H,9-10H2,1H3. The van der Waals surface area contributed by atoms with Crippen molar-refractivity contribution in [1.82, 2.24) is 0 Å². The molecule has 1 aliphatic rings. The second kappa shape index (κ2) is 5.52. The number of carbonyl (C=O) groups is 1. The highest BCUT2D eigenvalue weighted by Crippen LogP contribution is 2.34. The molecular weight excluding hydrogens is 366 g/mol. The van der Waals surface area contributed by atoms with Crippen molar-refractivity contribution in [3.8, 4) is 0 Å². The monoisotopic (exact) mass is 379 g/mol. The van der Waals surface area contributed by atoms with Crippen LogP contribution in [0.25, 0.3) is 0 Å². The number of fused-ring (bicyclic) bond motifs is 1. The number of para-hydroxylation sites is 1. The van der Waals surface area contributed by atoms with Gasteiger partial charge in [0, 0.05) is 23.0 Å². The molecule has 0 fully saturated rings. The highest BCUT2D eigenvalue weighted by atomic mass is 79.9. The van der Waals surface area contributed by atoms with Gasteiger partial charge in [-0.2, -0.15) is 0 Å². The zero-order valence-electron chi connectivity index (χ0n) is 11.9. The molecule has 0 unspecified atom stereocenters. The van der Waals surface area contributed by atoms with Crippen LogP contribution >= 0.6 is 15.9 Å². The highest BCUT2D eigenvalue weighted by Gasteiger charge is 2.33. The van der Waals surface area contributed by atoms with Gasteiger partial charge in [0.1, 0.15) is 0 Å². The van der Waals surface area contributed by atoms with Crippen LogP contribution in [0.3, 0.4) is 0 Å². The van der Waals surface area contributed by atoms with Gasteiger partial charge in [-0.3, -0.25) is 9.10 Å². The van der Waals surface area contributed by atoms with Crippen LogP contribution in [0.1, 0.15) is 22.3 Å². The summed E-state index contributed by atoms with van der Waals surface area (Å²) in [6.45, 7) is 2.00. The number of hydrogen-bond donors (Lipinski definition) is 0. The molecule has 0 spiro atoms. The summed E-state index contributed by atoms with van der Waals surface area (Å²) in [7, 11) is -3.68. The fraction of sp³-hybridized carbons (Fsp3) is 0.188. The van der Waals surface area contributed by atoms with Crippen LogP contribution < -0.4 is 4.31 Å². The Balaban J connectivity index is 2.16. The van der Waals surface area contributed by atoms with E-state index in [4.69, 9.17) is 0 Å². The van der Waals surface area contributed by atoms with Crippen LogP contribution in [0.4, 0.5) is 5.69 Å². The maximum absolute atomic E-state index is 12.9. The molecular formula is C16H14BrNO3S. The summed E-state index contributed by atoms with van der Waals surface area (Å²) >= 11 is 3.30. The molecule has 1 aliphatic heterocycles. The first-order chi connectivity index (χ1) is 10.4. The molecule has 0 saturated carbocycles. The molecule has 0 N–H and O–H groups in total. The van der Waals surface area contributed by atoms with Crippen LogP contribution in [-0.2, 0) is 10.0 Å². The number of hydrogen-bond acceptors (Lipinski definition) is 3. The Kier molecular flexibility index (Phi) is 3.82. The van der Waals surface area contributed by atoms with E-state index in [0.717, 1.165) is 10.0 Å². The molecule has 114 valence electrons. The fourth-order valence-corrected chi connectivity index (χ4v) is 4.45. The van der Waals surface area contributed by atoms with Crippen LogP contribution in [0, 0.1) is 6.92 Å². The van der Waals surface area contributed by atoms with Crippen molar-refractivity contribution in [2.24, 2.45) is 0 Å². The van der Waals surface area contributed by atoms with Gasteiger partial charge in [-0.1, -0.05) is 28.1 Å². The molecule has 0 atom stereocenters. The van der Waals surface area contributed by atoms with Gasteiger partial charge in [-0.15, -0.1) is 0 Å². The van der Waals surface area contributed by atoms with Gasteiger partial charge in [-0.25, -0.2) is 8.42 Å². The number of anilines is 1. The second-order valence-electron chi connectivity index (χ2n) is 5.18. The zero-order valence-corrected chi connectivity index (χ0v) is 14.3. The Morgan fingerprint density at radius 2 is 1.77 bits per heavy atom. The SMILES string of the molecule is Cc1cccc2c1N(S(=O)(=O)c1ccc(Br)cc1)CCC2=O. The summed E-state index contributed by atoms with van der Waals surface area (Å²) in [5, 5.41) is 0. The largest absolute Gasteiger partial charge is 0.294 e. The minimum atomic E-state index is -3.68. The van der Waals surface area contributed by atoms with Gasteiger partial charge in [0.2, 0.25) is 0 Å². The molecule has 6 heteroatoms. The van der Waals surface area contributed by atoms with Crippen LogP contribution in [-0.4, -0.2) is 20.7 Å². The van der Waals surface area contributed by atoms with Gasteiger partial charge in [0.15, 0.2) is 5.78 Å². The topological polar surface area (TPSA) is 54.5 Å². The number of sulfonamides is 1. The van der Waals surface area contributed by atoms with Gasteiger partial charge in [-0.05, 0) is 42.8 Å². The Bertz CT molecular complexity index is 844. The van der Waals surface area contributed by atoms with Crippen molar-refractivity contribution < 1.29 is 13.2 Å². The van der Waals surface area contributed by atoms with E-state index >= 15 is 0 Å². The Morgan fingerprint density at radius 1 is 1.09 bits per heavy atom. The number of benzene rings is 2. The van der Waals surface area contributed by atoms with Crippen LogP contribution in [0.5, 0.6) is 0 Å². The molecule has 4 nitrogen and oxygen atoms in total. The summed E-state index contributed by atoms with van der Waals surface area (Å²) in [6.07, 6.45) is 0.201. The lowest BCUT2D eigenvalue weighted by Gasteiger charge is -2.31. The number of halogens is 1. The van der Waals surface area contributed by atoms with E-state index in [1.165, 1.54) is 4.31 Å². The summed E-state index contributed by atoms with van der Waals surface area (Å²) in [5.74, 6) is -0.0130. The van der Waals surface area contributed by atoms with Crippen molar-refractivity contribution in [3.63, 3.8) is 0 Å². The summed E-state index contributed by atoms with van der Waals surface area (Å²) < 4.78 is 28.0. The number of nitrogens with zero attached hydrogens (tertiary/aromatic N) is 1. The minimum absolute atomic E-state index is 0.0130. The molecule has 0 aliphatic carbocycles. The Morgan fingerprint density at radius 3 is 2.45 bits per heavy atom. The minimum Gasteiger partial charge on any atom is -0.294 e. The first-order valence-corrected chi connectivity index (χ1v) is 9.05. The van der Waals surface area contributed by atoms with Gasteiger partial charge in [0.25, 0.3) is 10.0 Å². The van der Waals surface area contributed by atoms with E-state index in [2.05, 4.69) is 15.9 Å². The molecule has 0 bridgehead atoms. The average Bonchev–Trinajstić information content (AvgIpc) is 2.49. The molecule has 1 heterocycles. The fourth-order valence-electron chi connectivity index (χ4n) is 2.64. The number of Topliss-reactive ketones (excluding diaryl/α,β-unsaturated/α-hetero) is 1. The number of aryl methyl sites for hydroxylation is 1. The molecule has 2 aromatic carbocycles. The third kappa shape index (κ3) is 2.46. The molecule has 22 heavy (non-hydrogen) atoms. The highest BCUT2D eigenvalue weighted by molar-refractivity contribution is 9.10. The first-order valence-electron chi connectivity index (χ1n) is 6.82. The van der Waals surface area contributed by atoms with E-state index in [9.17, 15) is 13.2 Å².